The van der Waals surface area contributed by atoms with Crippen LogP contribution < -0.4 is 15.2 Å². The van der Waals surface area contributed by atoms with Crippen LogP contribution in [0.1, 0.15) is 5.56 Å². The van der Waals surface area contributed by atoms with Crippen molar-refractivity contribution >= 4 is 17.3 Å². The van der Waals surface area contributed by atoms with Crippen molar-refractivity contribution in [2.45, 2.75) is 6.61 Å². The lowest BCUT2D eigenvalue weighted by Gasteiger charge is -2.11. The van der Waals surface area contributed by atoms with Crippen LogP contribution in [0.5, 0.6) is 11.5 Å². The molecular weight excluding hydrogens is 250 g/mol. The van der Waals surface area contributed by atoms with Gasteiger partial charge in [-0.3, -0.25) is 0 Å². The van der Waals surface area contributed by atoms with E-state index in [9.17, 15) is 0 Å². The van der Waals surface area contributed by atoms with E-state index in [0.717, 1.165) is 11.3 Å². The van der Waals surface area contributed by atoms with Gasteiger partial charge in [-0.05, 0) is 18.2 Å². The van der Waals surface area contributed by atoms with Crippen molar-refractivity contribution < 1.29 is 9.47 Å². The second kappa shape index (κ2) is 5.65. The lowest BCUT2D eigenvalue weighted by molar-refractivity contribution is 0.297. The Bertz CT molecular complexity index is 543. The molecule has 2 aromatic rings. The maximum Gasteiger partial charge on any atom is 0.140 e. The fourth-order valence-electron chi connectivity index (χ4n) is 1.61. The first-order valence-corrected chi connectivity index (χ1v) is 5.88. The van der Waals surface area contributed by atoms with Gasteiger partial charge in [0.2, 0.25) is 0 Å². The second-order valence-electron chi connectivity index (χ2n) is 3.79. The highest BCUT2D eigenvalue weighted by Crippen LogP contribution is 2.28. The molecule has 0 radical (unpaired) electrons. The van der Waals surface area contributed by atoms with Crippen LogP contribution in [0.15, 0.2) is 42.5 Å². The molecule has 0 bridgehead atoms. The first-order valence-electron chi connectivity index (χ1n) is 5.50. The van der Waals surface area contributed by atoms with Crippen molar-refractivity contribution in [2.75, 3.05) is 12.8 Å². The number of nitrogen functional groups attached to an aromatic ring is 1. The van der Waals surface area contributed by atoms with Gasteiger partial charge < -0.3 is 15.2 Å². The fourth-order valence-corrected chi connectivity index (χ4v) is 1.78. The van der Waals surface area contributed by atoms with Crippen LogP contribution in [0.25, 0.3) is 0 Å². The highest BCUT2D eigenvalue weighted by atomic mass is 35.5. The van der Waals surface area contributed by atoms with E-state index in [4.69, 9.17) is 26.8 Å². The molecule has 0 saturated carbocycles. The van der Waals surface area contributed by atoms with Crippen molar-refractivity contribution in [1.82, 2.24) is 0 Å². The molecule has 0 fully saturated rings. The molecule has 0 aliphatic heterocycles. The summed E-state index contributed by atoms with van der Waals surface area (Å²) in [4.78, 5) is 0. The quantitative estimate of drug-likeness (QED) is 0.859. The largest absolute Gasteiger partial charge is 0.496 e. The first-order chi connectivity index (χ1) is 8.70. The third-order valence-corrected chi connectivity index (χ3v) is 2.84. The van der Waals surface area contributed by atoms with Crippen LogP contribution in [0, 0.1) is 0 Å². The average Bonchev–Trinajstić information content (AvgIpc) is 2.40. The molecule has 0 unspecified atom stereocenters. The topological polar surface area (TPSA) is 44.5 Å². The molecule has 94 valence electrons. The van der Waals surface area contributed by atoms with Crippen LogP contribution in [0.4, 0.5) is 5.69 Å². The number of rotatable bonds is 4. The van der Waals surface area contributed by atoms with Gasteiger partial charge in [0, 0.05) is 17.3 Å². The van der Waals surface area contributed by atoms with Crippen LogP contribution in [-0.4, -0.2) is 7.11 Å². The molecule has 0 aromatic heterocycles. The lowest BCUT2D eigenvalue weighted by Crippen LogP contribution is -1.99. The van der Waals surface area contributed by atoms with E-state index in [2.05, 4.69) is 0 Å². The monoisotopic (exact) mass is 263 g/mol. The van der Waals surface area contributed by atoms with E-state index in [1.165, 1.54) is 0 Å². The van der Waals surface area contributed by atoms with Gasteiger partial charge in [-0.15, -0.1) is 0 Å². The summed E-state index contributed by atoms with van der Waals surface area (Å²) in [6, 6.07) is 12.8. The Hall–Kier alpha value is -1.87. The van der Waals surface area contributed by atoms with Crippen LogP contribution in [0.2, 0.25) is 5.02 Å². The van der Waals surface area contributed by atoms with Gasteiger partial charge in [-0.25, -0.2) is 0 Å². The zero-order valence-corrected chi connectivity index (χ0v) is 10.8. The minimum absolute atomic E-state index is 0.382. The molecular formula is C14H14ClNO2. The fraction of sp³-hybridized carbons (Fsp3) is 0.143. The summed E-state index contributed by atoms with van der Waals surface area (Å²) < 4.78 is 10.9. The highest BCUT2D eigenvalue weighted by Gasteiger charge is 2.05. The number of halogens is 1. The van der Waals surface area contributed by atoms with Crippen molar-refractivity contribution in [3.8, 4) is 11.5 Å². The molecule has 0 spiro atoms. The predicted molar refractivity (Wildman–Crippen MR) is 73.2 cm³/mol. The third kappa shape index (κ3) is 2.87. The van der Waals surface area contributed by atoms with E-state index < -0.39 is 0 Å². The Labute approximate surface area is 111 Å². The van der Waals surface area contributed by atoms with Crippen molar-refractivity contribution in [1.29, 1.82) is 0 Å². The summed E-state index contributed by atoms with van der Waals surface area (Å²) in [6.07, 6.45) is 0. The highest BCUT2D eigenvalue weighted by molar-refractivity contribution is 6.32. The Kier molecular flexibility index (Phi) is 3.95. The third-order valence-electron chi connectivity index (χ3n) is 2.53. The molecule has 0 amide bonds. The predicted octanol–water partition coefficient (Wildman–Crippen LogP) is 3.51. The molecule has 3 nitrogen and oxygen atoms in total. The Morgan fingerprint density at radius 3 is 2.67 bits per heavy atom. The summed E-state index contributed by atoms with van der Waals surface area (Å²) in [5.74, 6) is 1.36. The number of methoxy groups -OCH3 is 1. The molecule has 0 aliphatic rings. The first kappa shape index (κ1) is 12.6. The van der Waals surface area contributed by atoms with Gasteiger partial charge in [-0.2, -0.15) is 0 Å². The molecule has 0 heterocycles. The lowest BCUT2D eigenvalue weighted by atomic mass is 10.2. The van der Waals surface area contributed by atoms with Crippen LogP contribution >= 0.6 is 11.6 Å². The maximum absolute atomic E-state index is 6.02. The number of hydrogen-bond acceptors (Lipinski definition) is 3. The number of hydrogen-bond donors (Lipinski definition) is 1. The zero-order valence-electron chi connectivity index (χ0n) is 10.0. The molecule has 18 heavy (non-hydrogen) atoms. The van der Waals surface area contributed by atoms with Crippen LogP contribution in [0.3, 0.4) is 0 Å². The Balaban J connectivity index is 2.14. The smallest absolute Gasteiger partial charge is 0.140 e. The number of benzene rings is 2. The summed E-state index contributed by atoms with van der Waals surface area (Å²) >= 11 is 6.02. The molecule has 0 saturated heterocycles. The number of nitrogens with two attached hydrogens (primary N) is 1. The Morgan fingerprint density at radius 1 is 1.11 bits per heavy atom. The van der Waals surface area contributed by atoms with E-state index in [-0.39, 0.29) is 0 Å². The SMILES string of the molecule is COc1ccccc1COc1cc(N)ccc1Cl. The van der Waals surface area contributed by atoms with Gasteiger partial charge in [0.25, 0.3) is 0 Å². The summed E-state index contributed by atoms with van der Waals surface area (Å²) in [7, 11) is 1.63. The molecule has 0 aliphatic carbocycles. The Morgan fingerprint density at radius 2 is 1.89 bits per heavy atom. The molecule has 2 N–H and O–H groups in total. The maximum atomic E-state index is 6.02. The number of anilines is 1. The second-order valence-corrected chi connectivity index (χ2v) is 4.20. The van der Waals surface area contributed by atoms with Gasteiger partial charge in [-0.1, -0.05) is 29.8 Å². The zero-order chi connectivity index (χ0) is 13.0. The number of para-hydroxylation sites is 1. The van der Waals surface area contributed by atoms with Gasteiger partial charge in [0.05, 0.1) is 12.1 Å². The normalized spacial score (nSPS) is 10.1. The van der Waals surface area contributed by atoms with Crippen LogP contribution in [-0.2, 0) is 6.61 Å². The molecule has 2 rings (SSSR count). The van der Waals surface area contributed by atoms with E-state index in [1.54, 1.807) is 25.3 Å². The number of ether oxygens (including phenoxy) is 2. The summed E-state index contributed by atoms with van der Waals surface area (Å²) in [6.45, 7) is 0.382. The van der Waals surface area contributed by atoms with Crippen molar-refractivity contribution in [3.63, 3.8) is 0 Å². The van der Waals surface area contributed by atoms with E-state index >= 15 is 0 Å². The summed E-state index contributed by atoms with van der Waals surface area (Å²) in [5.41, 5.74) is 7.27. The molecule has 0 atom stereocenters. The van der Waals surface area contributed by atoms with Gasteiger partial charge in [0.1, 0.15) is 18.1 Å². The van der Waals surface area contributed by atoms with Gasteiger partial charge in [0.15, 0.2) is 0 Å². The van der Waals surface area contributed by atoms with E-state index in [1.807, 2.05) is 24.3 Å². The van der Waals surface area contributed by atoms with Crippen molar-refractivity contribution in [2.24, 2.45) is 0 Å². The average molecular weight is 264 g/mol. The molecule has 4 heteroatoms. The minimum atomic E-state index is 0.382. The van der Waals surface area contributed by atoms with Gasteiger partial charge >= 0.3 is 0 Å². The summed E-state index contributed by atoms with van der Waals surface area (Å²) in [5, 5.41) is 0.541. The standard InChI is InChI=1S/C14H14ClNO2/c1-17-13-5-3-2-4-10(13)9-18-14-8-11(16)6-7-12(14)15/h2-8H,9,16H2,1H3. The van der Waals surface area contributed by atoms with E-state index in [0.29, 0.717) is 23.1 Å². The van der Waals surface area contributed by atoms with Crippen molar-refractivity contribution in [3.05, 3.63) is 53.1 Å². The minimum Gasteiger partial charge on any atom is -0.496 e. The molecule has 2 aromatic carbocycles.